The largest absolute Gasteiger partial charge is 0.472 e. The van der Waals surface area contributed by atoms with Crippen LogP contribution in [-0.4, -0.2) is 70.6 Å². The second kappa shape index (κ2) is 9.47. The average molecular weight is 456 g/mol. The van der Waals surface area contributed by atoms with Gasteiger partial charge in [-0.2, -0.15) is 0 Å². The molecule has 2 heterocycles. The summed E-state index contributed by atoms with van der Waals surface area (Å²) in [7, 11) is 1.77. The summed E-state index contributed by atoms with van der Waals surface area (Å²) < 4.78 is 20.0. The van der Waals surface area contributed by atoms with Crippen molar-refractivity contribution in [2.24, 2.45) is 11.8 Å². The van der Waals surface area contributed by atoms with E-state index in [0.29, 0.717) is 24.2 Å². The first-order valence-corrected chi connectivity index (χ1v) is 11.4. The van der Waals surface area contributed by atoms with E-state index in [1.54, 1.807) is 48.2 Å². The predicted molar refractivity (Wildman–Crippen MR) is 121 cm³/mol. The molecule has 4 rings (SSSR count). The monoisotopic (exact) mass is 455 g/mol. The first kappa shape index (κ1) is 23.2. The van der Waals surface area contributed by atoms with Crippen LogP contribution in [0.3, 0.4) is 0 Å². The standard InChI is InChI=1S/C25H30FN3O4/c1-15-12-29(16(2)14-30)25(32)21-10-19(18-5-4-6-20(26)9-18)11-27-23(21)33-22(15)13-28(3)24(31)17-7-8-17/h4-6,9-11,15-17,22,30H,7-8,12-14H2,1-3H3/t15-,16-,22+/m1/s1. The van der Waals surface area contributed by atoms with Gasteiger partial charge in [0.05, 0.1) is 19.2 Å². The van der Waals surface area contributed by atoms with Crippen LogP contribution in [0.1, 0.15) is 37.0 Å². The van der Waals surface area contributed by atoms with Crippen molar-refractivity contribution in [3.8, 4) is 17.0 Å². The molecule has 33 heavy (non-hydrogen) atoms. The van der Waals surface area contributed by atoms with Crippen molar-refractivity contribution in [3.63, 3.8) is 0 Å². The van der Waals surface area contributed by atoms with Gasteiger partial charge in [-0.15, -0.1) is 0 Å². The molecular formula is C25H30FN3O4. The summed E-state index contributed by atoms with van der Waals surface area (Å²) in [6.07, 6.45) is 3.02. The molecule has 3 atom stereocenters. The number of likely N-dealkylation sites (N-methyl/N-ethyl adjacent to an activating group) is 1. The smallest absolute Gasteiger partial charge is 0.259 e. The number of fused-ring (bicyclic) bond motifs is 1. The second-order valence-corrected chi connectivity index (χ2v) is 9.20. The lowest BCUT2D eigenvalue weighted by Crippen LogP contribution is -2.50. The molecule has 1 aliphatic heterocycles. The fourth-order valence-corrected chi connectivity index (χ4v) is 4.15. The van der Waals surface area contributed by atoms with Gasteiger partial charge in [0.15, 0.2) is 0 Å². The third-order valence-corrected chi connectivity index (χ3v) is 6.44. The Bertz CT molecular complexity index is 1040. The lowest BCUT2D eigenvalue weighted by molar-refractivity contribution is -0.132. The number of hydrogen-bond donors (Lipinski definition) is 1. The Hall–Kier alpha value is -3.00. The van der Waals surface area contributed by atoms with Crippen molar-refractivity contribution < 1.29 is 23.8 Å². The summed E-state index contributed by atoms with van der Waals surface area (Å²) in [4.78, 5) is 33.7. The maximum absolute atomic E-state index is 13.8. The topological polar surface area (TPSA) is 83.0 Å². The molecule has 0 spiro atoms. The number of ether oxygens (including phenoxy) is 1. The number of halogens is 1. The van der Waals surface area contributed by atoms with Crippen molar-refractivity contribution in [2.75, 3.05) is 26.7 Å². The Morgan fingerprint density at radius 1 is 1.33 bits per heavy atom. The molecule has 2 amide bonds. The fourth-order valence-electron chi connectivity index (χ4n) is 4.15. The van der Waals surface area contributed by atoms with Gasteiger partial charge in [0, 0.05) is 37.2 Å². The number of benzene rings is 1. The number of amides is 2. The van der Waals surface area contributed by atoms with E-state index in [4.69, 9.17) is 4.74 Å². The number of aliphatic hydroxyl groups is 1. The van der Waals surface area contributed by atoms with Crippen molar-refractivity contribution in [3.05, 3.63) is 47.9 Å². The minimum Gasteiger partial charge on any atom is -0.472 e. The van der Waals surface area contributed by atoms with Crippen LogP contribution >= 0.6 is 0 Å². The van der Waals surface area contributed by atoms with E-state index in [9.17, 15) is 19.1 Å². The normalized spacial score (nSPS) is 21.5. The van der Waals surface area contributed by atoms with Gasteiger partial charge >= 0.3 is 0 Å². The lowest BCUT2D eigenvalue weighted by atomic mass is 9.99. The second-order valence-electron chi connectivity index (χ2n) is 9.20. The van der Waals surface area contributed by atoms with Gasteiger partial charge in [0.2, 0.25) is 11.8 Å². The molecular weight excluding hydrogens is 425 g/mol. The number of aromatic nitrogens is 1. The number of carbonyl (C=O) groups excluding carboxylic acids is 2. The van der Waals surface area contributed by atoms with Crippen LogP contribution in [0, 0.1) is 17.7 Å². The molecule has 2 aliphatic rings. The molecule has 0 bridgehead atoms. The minimum atomic E-state index is -0.407. The molecule has 1 saturated carbocycles. The number of pyridine rings is 1. The lowest BCUT2D eigenvalue weighted by Gasteiger charge is -2.37. The van der Waals surface area contributed by atoms with E-state index in [-0.39, 0.29) is 53.6 Å². The summed E-state index contributed by atoms with van der Waals surface area (Å²) in [6, 6.07) is 7.34. The quantitative estimate of drug-likeness (QED) is 0.724. The summed E-state index contributed by atoms with van der Waals surface area (Å²) in [5.41, 5.74) is 1.44. The van der Waals surface area contributed by atoms with Gasteiger partial charge in [-0.25, -0.2) is 9.37 Å². The van der Waals surface area contributed by atoms with Crippen LogP contribution in [0.5, 0.6) is 5.88 Å². The van der Waals surface area contributed by atoms with Crippen molar-refractivity contribution in [2.45, 2.75) is 38.8 Å². The highest BCUT2D eigenvalue weighted by atomic mass is 19.1. The van der Waals surface area contributed by atoms with E-state index in [1.807, 2.05) is 6.92 Å². The Labute approximate surface area is 193 Å². The number of hydrogen-bond acceptors (Lipinski definition) is 5. The van der Waals surface area contributed by atoms with Crippen molar-refractivity contribution in [1.29, 1.82) is 0 Å². The zero-order chi connectivity index (χ0) is 23.7. The maximum atomic E-state index is 13.8. The SMILES string of the molecule is C[C@@H]1CN([C@H](C)CO)C(=O)c2cc(-c3cccc(F)c3)cnc2O[C@H]1CN(C)C(=O)C1CC1. The summed E-state index contributed by atoms with van der Waals surface area (Å²) >= 11 is 0. The molecule has 0 saturated heterocycles. The summed E-state index contributed by atoms with van der Waals surface area (Å²) in [5.74, 6) is -0.390. The molecule has 2 aromatic rings. The summed E-state index contributed by atoms with van der Waals surface area (Å²) in [6.45, 7) is 4.31. The first-order chi connectivity index (χ1) is 15.8. The molecule has 0 unspecified atom stereocenters. The molecule has 1 fully saturated rings. The van der Waals surface area contributed by atoms with Crippen LogP contribution in [0.15, 0.2) is 36.5 Å². The molecule has 1 aliphatic carbocycles. The average Bonchev–Trinajstić information content (AvgIpc) is 3.65. The highest BCUT2D eigenvalue weighted by Crippen LogP contribution is 2.33. The number of rotatable bonds is 6. The van der Waals surface area contributed by atoms with E-state index in [2.05, 4.69) is 4.98 Å². The van der Waals surface area contributed by atoms with Gasteiger partial charge in [0.1, 0.15) is 17.5 Å². The molecule has 176 valence electrons. The van der Waals surface area contributed by atoms with E-state index in [0.717, 1.165) is 12.8 Å². The highest BCUT2D eigenvalue weighted by molar-refractivity contribution is 5.98. The molecule has 1 aromatic carbocycles. The molecule has 8 heteroatoms. The zero-order valence-corrected chi connectivity index (χ0v) is 19.2. The minimum absolute atomic E-state index is 0.102. The first-order valence-electron chi connectivity index (χ1n) is 11.4. The molecule has 0 radical (unpaired) electrons. The van der Waals surface area contributed by atoms with E-state index >= 15 is 0 Å². The molecule has 1 N–H and O–H groups in total. The number of carbonyl (C=O) groups is 2. The third-order valence-electron chi connectivity index (χ3n) is 6.44. The van der Waals surface area contributed by atoms with E-state index < -0.39 is 6.04 Å². The third kappa shape index (κ3) is 5.00. The Balaban J connectivity index is 1.70. The Morgan fingerprint density at radius 3 is 2.76 bits per heavy atom. The van der Waals surface area contributed by atoms with Gasteiger partial charge in [-0.3, -0.25) is 9.59 Å². The van der Waals surface area contributed by atoms with E-state index in [1.165, 1.54) is 12.1 Å². The Kier molecular flexibility index (Phi) is 6.65. The van der Waals surface area contributed by atoms with Crippen molar-refractivity contribution in [1.82, 2.24) is 14.8 Å². The number of aliphatic hydroxyl groups excluding tert-OH is 1. The van der Waals surface area contributed by atoms with Crippen LogP contribution in [0.25, 0.3) is 11.1 Å². The zero-order valence-electron chi connectivity index (χ0n) is 19.2. The molecule has 7 nitrogen and oxygen atoms in total. The number of nitrogens with zero attached hydrogens (tertiary/aromatic N) is 3. The van der Waals surface area contributed by atoms with Crippen molar-refractivity contribution >= 4 is 11.8 Å². The fraction of sp³-hybridized carbons (Fsp3) is 0.480. The van der Waals surface area contributed by atoms with Crippen LogP contribution in [0.2, 0.25) is 0 Å². The van der Waals surface area contributed by atoms with Crippen LogP contribution in [-0.2, 0) is 4.79 Å². The van der Waals surface area contributed by atoms with Gasteiger partial charge in [-0.05, 0) is 43.5 Å². The predicted octanol–water partition coefficient (Wildman–Crippen LogP) is 2.98. The van der Waals surface area contributed by atoms with Gasteiger partial charge < -0.3 is 19.6 Å². The Morgan fingerprint density at radius 2 is 2.09 bits per heavy atom. The van der Waals surface area contributed by atoms with Crippen LogP contribution in [0.4, 0.5) is 4.39 Å². The van der Waals surface area contributed by atoms with Gasteiger partial charge in [0.25, 0.3) is 5.91 Å². The van der Waals surface area contributed by atoms with Crippen LogP contribution < -0.4 is 4.74 Å². The molecule has 1 aromatic heterocycles. The highest BCUT2D eigenvalue weighted by Gasteiger charge is 2.37. The van der Waals surface area contributed by atoms with Gasteiger partial charge in [-0.1, -0.05) is 19.1 Å². The summed E-state index contributed by atoms with van der Waals surface area (Å²) in [5, 5.41) is 9.78. The maximum Gasteiger partial charge on any atom is 0.259 e.